The fourth-order valence-electron chi connectivity index (χ4n) is 1.57. The molecule has 74 valence electrons. The third-order valence-corrected chi connectivity index (χ3v) is 2.86. The Balaban J connectivity index is 2.79. The predicted molar refractivity (Wildman–Crippen MR) is 59.1 cm³/mol. The van der Waals surface area contributed by atoms with Crippen LogP contribution in [0.2, 0.25) is 5.15 Å². The van der Waals surface area contributed by atoms with Crippen molar-refractivity contribution in [2.24, 2.45) is 0 Å². The average Bonchev–Trinajstić information content (AvgIpc) is 2.52. The van der Waals surface area contributed by atoms with E-state index >= 15 is 0 Å². The number of aromatic nitrogens is 2. The first-order valence-electron chi connectivity index (χ1n) is 4.49. The van der Waals surface area contributed by atoms with E-state index in [0.29, 0.717) is 11.0 Å². The first-order chi connectivity index (χ1) is 6.77. The molecule has 2 nitrogen and oxygen atoms in total. The molecule has 0 fully saturated rings. The number of hydrogen-bond acceptors (Lipinski definition) is 1. The molecule has 2 aromatic heterocycles. The standard InChI is InChI=1S/C10H10Cl2N2/c1-2-8-9-5-3-4-7(6-11)14(9)13-10(8)12/h3-5H,2,6H2,1H3. The van der Waals surface area contributed by atoms with Crippen LogP contribution in [0.5, 0.6) is 0 Å². The summed E-state index contributed by atoms with van der Waals surface area (Å²) in [5, 5.41) is 4.83. The maximum Gasteiger partial charge on any atom is 0.155 e. The Morgan fingerprint density at radius 2 is 2.21 bits per heavy atom. The van der Waals surface area contributed by atoms with E-state index in [-0.39, 0.29) is 0 Å². The molecule has 2 aromatic rings. The summed E-state index contributed by atoms with van der Waals surface area (Å²) >= 11 is 11.8. The van der Waals surface area contributed by atoms with E-state index in [1.54, 1.807) is 0 Å². The van der Waals surface area contributed by atoms with Crippen LogP contribution in [0.3, 0.4) is 0 Å². The van der Waals surface area contributed by atoms with E-state index in [1.807, 2.05) is 22.7 Å². The van der Waals surface area contributed by atoms with Crippen LogP contribution in [-0.2, 0) is 12.3 Å². The summed E-state index contributed by atoms with van der Waals surface area (Å²) in [6.45, 7) is 2.07. The second-order valence-corrected chi connectivity index (χ2v) is 3.70. The van der Waals surface area contributed by atoms with Crippen LogP contribution in [0.25, 0.3) is 5.52 Å². The maximum absolute atomic E-state index is 6.02. The van der Waals surface area contributed by atoms with Gasteiger partial charge in [-0.15, -0.1) is 11.6 Å². The molecule has 0 aliphatic rings. The Bertz CT molecular complexity index is 462. The van der Waals surface area contributed by atoms with Gasteiger partial charge in [0.15, 0.2) is 5.15 Å². The molecule has 0 saturated carbocycles. The highest BCUT2D eigenvalue weighted by Crippen LogP contribution is 2.22. The third-order valence-electron chi connectivity index (χ3n) is 2.28. The largest absolute Gasteiger partial charge is 0.235 e. The summed E-state index contributed by atoms with van der Waals surface area (Å²) in [6.07, 6.45) is 0.883. The van der Waals surface area contributed by atoms with E-state index in [2.05, 4.69) is 12.0 Å². The Hall–Kier alpha value is -0.730. The molecular formula is C10H10Cl2N2. The predicted octanol–water partition coefficient (Wildman–Crippen LogP) is 3.29. The minimum atomic E-state index is 0.443. The topological polar surface area (TPSA) is 17.3 Å². The van der Waals surface area contributed by atoms with Gasteiger partial charge in [0.05, 0.1) is 17.1 Å². The van der Waals surface area contributed by atoms with Crippen molar-refractivity contribution >= 4 is 28.7 Å². The minimum absolute atomic E-state index is 0.443. The van der Waals surface area contributed by atoms with Crippen molar-refractivity contribution in [1.29, 1.82) is 0 Å². The van der Waals surface area contributed by atoms with Gasteiger partial charge in [-0.1, -0.05) is 24.6 Å². The maximum atomic E-state index is 6.02. The van der Waals surface area contributed by atoms with E-state index in [0.717, 1.165) is 23.2 Å². The number of alkyl halides is 1. The summed E-state index contributed by atoms with van der Waals surface area (Å²) in [4.78, 5) is 0. The number of pyridine rings is 1. The first-order valence-corrected chi connectivity index (χ1v) is 5.40. The fraction of sp³-hybridized carbons (Fsp3) is 0.300. The summed E-state index contributed by atoms with van der Waals surface area (Å²) in [5.74, 6) is 0.443. The van der Waals surface area contributed by atoms with Crippen molar-refractivity contribution < 1.29 is 0 Å². The number of aryl methyl sites for hydroxylation is 1. The highest BCUT2D eigenvalue weighted by Gasteiger charge is 2.10. The fourth-order valence-corrected chi connectivity index (χ4v) is 2.08. The molecule has 0 aliphatic heterocycles. The lowest BCUT2D eigenvalue weighted by Crippen LogP contribution is -1.94. The molecule has 0 aliphatic carbocycles. The first kappa shape index (κ1) is 9.81. The molecular weight excluding hydrogens is 219 g/mol. The Labute approximate surface area is 92.4 Å². The Morgan fingerprint density at radius 1 is 1.43 bits per heavy atom. The van der Waals surface area contributed by atoms with Gasteiger partial charge in [-0.05, 0) is 18.6 Å². The molecule has 0 aromatic carbocycles. The molecule has 0 amide bonds. The zero-order valence-electron chi connectivity index (χ0n) is 7.80. The van der Waals surface area contributed by atoms with Crippen molar-refractivity contribution in [3.8, 4) is 0 Å². The lowest BCUT2D eigenvalue weighted by atomic mass is 10.2. The number of fused-ring (bicyclic) bond motifs is 1. The lowest BCUT2D eigenvalue weighted by molar-refractivity contribution is 0.905. The second kappa shape index (κ2) is 3.79. The van der Waals surface area contributed by atoms with E-state index in [4.69, 9.17) is 23.2 Å². The van der Waals surface area contributed by atoms with Gasteiger partial charge in [0.1, 0.15) is 0 Å². The number of rotatable bonds is 2. The minimum Gasteiger partial charge on any atom is -0.235 e. The van der Waals surface area contributed by atoms with E-state index < -0.39 is 0 Å². The van der Waals surface area contributed by atoms with Crippen molar-refractivity contribution in [3.05, 3.63) is 34.6 Å². The van der Waals surface area contributed by atoms with Crippen LogP contribution in [0, 0.1) is 0 Å². The summed E-state index contributed by atoms with van der Waals surface area (Å²) in [7, 11) is 0. The van der Waals surface area contributed by atoms with Crippen molar-refractivity contribution in [2.75, 3.05) is 0 Å². The average molecular weight is 229 g/mol. The number of halogens is 2. The SMILES string of the molecule is CCc1c(Cl)nn2c(CCl)cccc12. The van der Waals surface area contributed by atoms with Crippen LogP contribution >= 0.6 is 23.2 Å². The molecule has 0 spiro atoms. The highest BCUT2D eigenvalue weighted by molar-refractivity contribution is 6.30. The Kier molecular flexibility index (Phi) is 2.66. The van der Waals surface area contributed by atoms with Gasteiger partial charge < -0.3 is 0 Å². The summed E-state index contributed by atoms with van der Waals surface area (Å²) in [5.41, 5.74) is 3.10. The molecule has 0 bridgehead atoms. The smallest absolute Gasteiger partial charge is 0.155 e. The third kappa shape index (κ3) is 1.39. The molecule has 2 heterocycles. The molecule has 0 atom stereocenters. The van der Waals surface area contributed by atoms with Crippen LogP contribution in [0.1, 0.15) is 18.2 Å². The van der Waals surface area contributed by atoms with Crippen LogP contribution in [-0.4, -0.2) is 9.61 Å². The van der Waals surface area contributed by atoms with Gasteiger partial charge in [-0.25, -0.2) is 4.52 Å². The van der Waals surface area contributed by atoms with Gasteiger partial charge >= 0.3 is 0 Å². The normalized spacial score (nSPS) is 11.1. The number of hydrogen-bond donors (Lipinski definition) is 0. The van der Waals surface area contributed by atoms with Gasteiger partial charge in [0.2, 0.25) is 0 Å². The monoisotopic (exact) mass is 228 g/mol. The quantitative estimate of drug-likeness (QED) is 0.722. The molecule has 4 heteroatoms. The molecule has 0 unspecified atom stereocenters. The van der Waals surface area contributed by atoms with Gasteiger partial charge in [-0.2, -0.15) is 5.10 Å². The van der Waals surface area contributed by atoms with Gasteiger partial charge in [-0.3, -0.25) is 0 Å². The highest BCUT2D eigenvalue weighted by atomic mass is 35.5. The van der Waals surface area contributed by atoms with Crippen molar-refractivity contribution in [3.63, 3.8) is 0 Å². The number of nitrogens with zero attached hydrogens (tertiary/aromatic N) is 2. The summed E-state index contributed by atoms with van der Waals surface area (Å²) < 4.78 is 1.81. The molecule has 0 N–H and O–H groups in total. The van der Waals surface area contributed by atoms with Crippen molar-refractivity contribution in [2.45, 2.75) is 19.2 Å². The van der Waals surface area contributed by atoms with E-state index in [1.165, 1.54) is 0 Å². The molecule has 0 saturated heterocycles. The van der Waals surface area contributed by atoms with Gasteiger partial charge in [0.25, 0.3) is 0 Å². The zero-order chi connectivity index (χ0) is 10.1. The Morgan fingerprint density at radius 3 is 2.86 bits per heavy atom. The van der Waals surface area contributed by atoms with E-state index in [9.17, 15) is 0 Å². The summed E-state index contributed by atoms with van der Waals surface area (Å²) in [6, 6.07) is 5.93. The van der Waals surface area contributed by atoms with Crippen LogP contribution in [0.4, 0.5) is 0 Å². The zero-order valence-corrected chi connectivity index (χ0v) is 9.31. The second-order valence-electron chi connectivity index (χ2n) is 3.07. The van der Waals surface area contributed by atoms with Gasteiger partial charge in [0, 0.05) is 5.56 Å². The molecule has 0 radical (unpaired) electrons. The lowest BCUT2D eigenvalue weighted by Gasteiger charge is -2.00. The van der Waals surface area contributed by atoms with Crippen LogP contribution < -0.4 is 0 Å². The molecule has 2 rings (SSSR count). The molecule has 14 heavy (non-hydrogen) atoms. The van der Waals surface area contributed by atoms with Crippen molar-refractivity contribution in [1.82, 2.24) is 9.61 Å². The van der Waals surface area contributed by atoms with Crippen LogP contribution in [0.15, 0.2) is 18.2 Å².